The first-order valence-electron chi connectivity index (χ1n) is 6.02. The second kappa shape index (κ2) is 6.68. The van der Waals surface area contributed by atoms with E-state index in [0.717, 1.165) is 16.9 Å². The van der Waals surface area contributed by atoms with Crippen LogP contribution in [0.25, 0.3) is 0 Å². The lowest BCUT2D eigenvalue weighted by atomic mass is 9.98. The standard InChI is InChI=1S/C15H14Cl3NO/c1-19-15(9-3-6-12(17)13(18)7-9)11-5-4-10(16)8-14(11)20-2/h3-8,15,19H,1-2H3. The third-order valence-electron chi connectivity index (χ3n) is 3.07. The predicted molar refractivity (Wildman–Crippen MR) is 85.4 cm³/mol. The molecule has 0 aliphatic rings. The quantitative estimate of drug-likeness (QED) is 0.855. The molecule has 2 aromatic carbocycles. The van der Waals surface area contributed by atoms with Gasteiger partial charge in [-0.3, -0.25) is 0 Å². The number of halogens is 3. The van der Waals surface area contributed by atoms with Gasteiger partial charge < -0.3 is 10.1 Å². The lowest BCUT2D eigenvalue weighted by Gasteiger charge is -2.20. The molecule has 0 amide bonds. The van der Waals surface area contributed by atoms with Gasteiger partial charge in [0.2, 0.25) is 0 Å². The highest BCUT2D eigenvalue weighted by Crippen LogP contribution is 2.34. The minimum atomic E-state index is -0.0583. The van der Waals surface area contributed by atoms with Gasteiger partial charge >= 0.3 is 0 Å². The van der Waals surface area contributed by atoms with Crippen molar-refractivity contribution in [2.75, 3.05) is 14.2 Å². The highest BCUT2D eigenvalue weighted by Gasteiger charge is 2.17. The Morgan fingerprint density at radius 1 is 1.00 bits per heavy atom. The highest BCUT2D eigenvalue weighted by atomic mass is 35.5. The van der Waals surface area contributed by atoms with E-state index in [1.54, 1.807) is 19.2 Å². The van der Waals surface area contributed by atoms with Gasteiger partial charge in [0.05, 0.1) is 23.2 Å². The third kappa shape index (κ3) is 3.21. The fraction of sp³-hybridized carbons (Fsp3) is 0.200. The van der Waals surface area contributed by atoms with Crippen molar-refractivity contribution in [2.45, 2.75) is 6.04 Å². The Morgan fingerprint density at radius 3 is 2.35 bits per heavy atom. The van der Waals surface area contributed by atoms with Crippen molar-refractivity contribution in [3.63, 3.8) is 0 Å². The van der Waals surface area contributed by atoms with E-state index < -0.39 is 0 Å². The zero-order valence-electron chi connectivity index (χ0n) is 11.1. The molecule has 1 atom stereocenters. The van der Waals surface area contributed by atoms with E-state index >= 15 is 0 Å². The normalized spacial score (nSPS) is 12.2. The minimum absolute atomic E-state index is 0.0583. The Bertz CT molecular complexity index is 616. The first-order chi connectivity index (χ1) is 9.56. The molecule has 0 spiro atoms. The molecule has 0 radical (unpaired) electrons. The van der Waals surface area contributed by atoms with Gasteiger partial charge in [0.1, 0.15) is 5.75 Å². The monoisotopic (exact) mass is 329 g/mol. The van der Waals surface area contributed by atoms with Gasteiger partial charge in [-0.1, -0.05) is 46.9 Å². The first kappa shape index (κ1) is 15.5. The maximum absolute atomic E-state index is 6.09. The maximum Gasteiger partial charge on any atom is 0.125 e. The van der Waals surface area contributed by atoms with Crippen LogP contribution in [0.15, 0.2) is 36.4 Å². The molecular formula is C15H14Cl3NO. The maximum atomic E-state index is 6.09. The molecule has 0 aromatic heterocycles. The molecule has 0 saturated carbocycles. The van der Waals surface area contributed by atoms with Gasteiger partial charge in [-0.05, 0) is 36.9 Å². The summed E-state index contributed by atoms with van der Waals surface area (Å²) in [6, 6.07) is 11.1. The van der Waals surface area contributed by atoms with E-state index in [1.165, 1.54) is 0 Å². The van der Waals surface area contributed by atoms with Crippen molar-refractivity contribution in [1.29, 1.82) is 0 Å². The van der Waals surface area contributed by atoms with Gasteiger partial charge in [-0.15, -0.1) is 0 Å². The number of methoxy groups -OCH3 is 1. The Kier molecular flexibility index (Phi) is 5.17. The molecule has 0 aliphatic heterocycles. The zero-order chi connectivity index (χ0) is 14.7. The van der Waals surface area contributed by atoms with Crippen LogP contribution in [0, 0.1) is 0 Å². The van der Waals surface area contributed by atoms with E-state index in [2.05, 4.69) is 5.32 Å². The van der Waals surface area contributed by atoms with Crippen LogP contribution in [0.4, 0.5) is 0 Å². The Morgan fingerprint density at radius 2 is 1.75 bits per heavy atom. The highest BCUT2D eigenvalue weighted by molar-refractivity contribution is 6.42. The number of hydrogen-bond acceptors (Lipinski definition) is 2. The van der Waals surface area contributed by atoms with Crippen LogP contribution < -0.4 is 10.1 Å². The van der Waals surface area contributed by atoms with Crippen molar-refractivity contribution >= 4 is 34.8 Å². The van der Waals surface area contributed by atoms with Crippen LogP contribution in [0.2, 0.25) is 15.1 Å². The van der Waals surface area contributed by atoms with Crippen LogP contribution in [0.3, 0.4) is 0 Å². The third-order valence-corrected chi connectivity index (χ3v) is 4.05. The molecule has 0 heterocycles. The molecule has 0 aliphatic carbocycles. The van der Waals surface area contributed by atoms with Crippen molar-refractivity contribution in [1.82, 2.24) is 5.32 Å². The molecule has 5 heteroatoms. The Labute approximate surface area is 133 Å². The number of benzene rings is 2. The van der Waals surface area contributed by atoms with Crippen LogP contribution in [-0.4, -0.2) is 14.2 Å². The van der Waals surface area contributed by atoms with E-state index in [-0.39, 0.29) is 6.04 Å². The molecule has 2 rings (SSSR count). The molecule has 20 heavy (non-hydrogen) atoms. The second-order valence-corrected chi connectivity index (χ2v) is 5.53. The summed E-state index contributed by atoms with van der Waals surface area (Å²) < 4.78 is 5.40. The molecule has 1 unspecified atom stereocenters. The van der Waals surface area contributed by atoms with Crippen molar-refractivity contribution < 1.29 is 4.74 Å². The first-order valence-corrected chi connectivity index (χ1v) is 7.16. The van der Waals surface area contributed by atoms with Crippen LogP contribution in [-0.2, 0) is 0 Å². The number of rotatable bonds is 4. The lowest BCUT2D eigenvalue weighted by Crippen LogP contribution is -2.18. The fourth-order valence-electron chi connectivity index (χ4n) is 2.12. The molecule has 106 valence electrons. The number of hydrogen-bond donors (Lipinski definition) is 1. The Hall–Kier alpha value is -0.930. The zero-order valence-corrected chi connectivity index (χ0v) is 13.4. The van der Waals surface area contributed by atoms with Crippen LogP contribution in [0.5, 0.6) is 5.75 Å². The number of ether oxygens (including phenoxy) is 1. The van der Waals surface area contributed by atoms with Gasteiger partial charge in [-0.25, -0.2) is 0 Å². The molecule has 2 aromatic rings. The van der Waals surface area contributed by atoms with E-state index in [4.69, 9.17) is 39.5 Å². The smallest absolute Gasteiger partial charge is 0.125 e. The summed E-state index contributed by atoms with van der Waals surface area (Å²) in [6.07, 6.45) is 0. The predicted octanol–water partition coefficient (Wildman–Crippen LogP) is 4.96. The largest absolute Gasteiger partial charge is 0.496 e. The fourth-order valence-corrected chi connectivity index (χ4v) is 2.59. The van der Waals surface area contributed by atoms with Gasteiger partial charge in [0.25, 0.3) is 0 Å². The van der Waals surface area contributed by atoms with Gasteiger partial charge in [0.15, 0.2) is 0 Å². The van der Waals surface area contributed by atoms with Crippen LogP contribution in [0.1, 0.15) is 17.2 Å². The molecular weight excluding hydrogens is 317 g/mol. The van der Waals surface area contributed by atoms with Crippen LogP contribution >= 0.6 is 34.8 Å². The summed E-state index contributed by atoms with van der Waals surface area (Å²) in [4.78, 5) is 0. The summed E-state index contributed by atoms with van der Waals surface area (Å²) in [5.41, 5.74) is 1.99. The number of nitrogens with one attached hydrogen (secondary N) is 1. The SMILES string of the molecule is CNC(c1ccc(Cl)c(Cl)c1)c1ccc(Cl)cc1OC. The molecule has 2 nitrogen and oxygen atoms in total. The molecule has 0 bridgehead atoms. The van der Waals surface area contributed by atoms with Crippen molar-refractivity contribution in [2.24, 2.45) is 0 Å². The summed E-state index contributed by atoms with van der Waals surface area (Å²) in [5, 5.41) is 4.95. The summed E-state index contributed by atoms with van der Waals surface area (Å²) >= 11 is 18.0. The molecule has 0 saturated heterocycles. The van der Waals surface area contributed by atoms with Gasteiger partial charge in [0, 0.05) is 10.6 Å². The van der Waals surface area contributed by atoms with Gasteiger partial charge in [-0.2, -0.15) is 0 Å². The minimum Gasteiger partial charge on any atom is -0.496 e. The van der Waals surface area contributed by atoms with Crippen molar-refractivity contribution in [3.8, 4) is 5.75 Å². The lowest BCUT2D eigenvalue weighted by molar-refractivity contribution is 0.405. The Balaban J connectivity index is 2.49. The average molecular weight is 331 g/mol. The summed E-state index contributed by atoms with van der Waals surface area (Å²) in [5.74, 6) is 0.725. The molecule has 1 N–H and O–H groups in total. The molecule has 0 fully saturated rings. The second-order valence-electron chi connectivity index (χ2n) is 4.28. The van der Waals surface area contributed by atoms with E-state index in [0.29, 0.717) is 15.1 Å². The van der Waals surface area contributed by atoms with E-state index in [9.17, 15) is 0 Å². The topological polar surface area (TPSA) is 21.3 Å². The average Bonchev–Trinajstić information content (AvgIpc) is 2.44. The summed E-state index contributed by atoms with van der Waals surface area (Å²) in [6.45, 7) is 0. The van der Waals surface area contributed by atoms with Crippen molar-refractivity contribution in [3.05, 3.63) is 62.6 Å². The van der Waals surface area contributed by atoms with E-state index in [1.807, 2.05) is 31.3 Å². The summed E-state index contributed by atoms with van der Waals surface area (Å²) in [7, 11) is 3.50.